The van der Waals surface area contributed by atoms with E-state index in [0.29, 0.717) is 24.1 Å². The van der Waals surface area contributed by atoms with Crippen molar-refractivity contribution in [1.82, 2.24) is 14.8 Å². The Hall–Kier alpha value is -1.28. The largest absolute Gasteiger partial charge is 0.385 e. The van der Waals surface area contributed by atoms with Gasteiger partial charge in [0, 0.05) is 12.3 Å². The topological polar surface area (TPSA) is 110 Å². The predicted molar refractivity (Wildman–Crippen MR) is 71.2 cm³/mol. The van der Waals surface area contributed by atoms with Gasteiger partial charge in [-0.1, -0.05) is 18.7 Å². The second kappa shape index (κ2) is 7.22. The first-order valence-corrected chi connectivity index (χ1v) is 6.78. The average molecular weight is 273 g/mol. The molecule has 102 valence electrons. The molecule has 1 atom stereocenters. The van der Waals surface area contributed by atoms with Crippen molar-refractivity contribution in [3.8, 4) is 0 Å². The fourth-order valence-electron chi connectivity index (χ4n) is 1.28. The molecule has 0 amide bonds. The van der Waals surface area contributed by atoms with E-state index in [1.54, 1.807) is 11.5 Å². The van der Waals surface area contributed by atoms with Crippen LogP contribution in [0.4, 0.5) is 0 Å². The number of nitrogens with zero attached hydrogens (tertiary/aromatic N) is 2. The van der Waals surface area contributed by atoms with E-state index < -0.39 is 0 Å². The summed E-state index contributed by atoms with van der Waals surface area (Å²) in [6.45, 7) is 4.85. The molecular weight excluding hydrogens is 254 g/mol. The molecule has 0 fully saturated rings. The molecule has 1 rings (SSSR count). The number of amidine groups is 1. The first-order chi connectivity index (χ1) is 8.56. The summed E-state index contributed by atoms with van der Waals surface area (Å²) in [5.41, 5.74) is 5.10. The van der Waals surface area contributed by atoms with Crippen molar-refractivity contribution in [1.29, 1.82) is 5.41 Å². The van der Waals surface area contributed by atoms with E-state index in [2.05, 4.69) is 10.2 Å². The lowest BCUT2D eigenvalue weighted by Gasteiger charge is -2.10. The normalized spacial score (nSPS) is 12.6. The number of H-pyrrole nitrogens is 1. The number of aromatic nitrogens is 3. The van der Waals surface area contributed by atoms with Crippen LogP contribution in [-0.4, -0.2) is 39.1 Å². The van der Waals surface area contributed by atoms with Crippen LogP contribution in [0, 0.1) is 5.41 Å². The second-order valence-electron chi connectivity index (χ2n) is 3.78. The molecule has 0 aliphatic carbocycles. The number of hydrogen-bond donors (Lipinski definition) is 3. The van der Waals surface area contributed by atoms with E-state index >= 15 is 0 Å². The minimum Gasteiger partial charge on any atom is -0.385 e. The van der Waals surface area contributed by atoms with Crippen LogP contribution in [0.1, 0.15) is 20.3 Å². The van der Waals surface area contributed by atoms with E-state index in [9.17, 15) is 4.79 Å². The number of nitrogens with two attached hydrogens (primary N) is 1. The van der Waals surface area contributed by atoms with Gasteiger partial charge in [0.2, 0.25) is 0 Å². The molecule has 0 spiro atoms. The quantitative estimate of drug-likeness (QED) is 0.275. The van der Waals surface area contributed by atoms with Crippen molar-refractivity contribution in [2.24, 2.45) is 5.73 Å². The highest BCUT2D eigenvalue weighted by Gasteiger charge is 2.09. The summed E-state index contributed by atoms with van der Waals surface area (Å²) >= 11 is 1.45. The van der Waals surface area contributed by atoms with Crippen LogP contribution < -0.4 is 11.4 Å². The van der Waals surface area contributed by atoms with E-state index in [4.69, 9.17) is 15.9 Å². The zero-order chi connectivity index (χ0) is 13.5. The maximum atomic E-state index is 11.4. The molecular formula is C10H19N5O2S. The third-order valence-corrected chi connectivity index (χ3v) is 3.23. The molecule has 18 heavy (non-hydrogen) atoms. The SMILES string of the molecule is CCCn1c(SCCOC(C)C(=N)N)n[nH]c1=O. The molecule has 8 heteroatoms. The molecule has 0 aliphatic heterocycles. The van der Waals surface area contributed by atoms with E-state index in [1.165, 1.54) is 11.8 Å². The van der Waals surface area contributed by atoms with Gasteiger partial charge in [-0.3, -0.25) is 9.98 Å². The van der Waals surface area contributed by atoms with Crippen LogP contribution in [0.2, 0.25) is 0 Å². The Morgan fingerprint density at radius 1 is 1.72 bits per heavy atom. The van der Waals surface area contributed by atoms with Gasteiger partial charge in [0.05, 0.1) is 6.61 Å². The Morgan fingerprint density at radius 2 is 2.44 bits per heavy atom. The van der Waals surface area contributed by atoms with E-state index in [0.717, 1.165) is 6.42 Å². The summed E-state index contributed by atoms with van der Waals surface area (Å²) in [7, 11) is 0. The van der Waals surface area contributed by atoms with E-state index in [1.807, 2.05) is 6.92 Å². The monoisotopic (exact) mass is 273 g/mol. The lowest BCUT2D eigenvalue weighted by Crippen LogP contribution is -2.28. The van der Waals surface area contributed by atoms with Crippen LogP contribution in [0.3, 0.4) is 0 Å². The molecule has 1 unspecified atom stereocenters. The second-order valence-corrected chi connectivity index (χ2v) is 4.84. The third-order valence-electron chi connectivity index (χ3n) is 2.29. The van der Waals surface area contributed by atoms with Crippen LogP contribution in [-0.2, 0) is 11.3 Å². The van der Waals surface area contributed by atoms with Gasteiger partial charge in [-0.05, 0) is 13.3 Å². The summed E-state index contributed by atoms with van der Waals surface area (Å²) in [4.78, 5) is 11.4. The van der Waals surface area contributed by atoms with Gasteiger partial charge in [-0.2, -0.15) is 0 Å². The summed E-state index contributed by atoms with van der Waals surface area (Å²) < 4.78 is 6.95. The summed E-state index contributed by atoms with van der Waals surface area (Å²) in [5, 5.41) is 14.2. The van der Waals surface area contributed by atoms with Crippen molar-refractivity contribution < 1.29 is 4.74 Å². The van der Waals surface area contributed by atoms with Crippen LogP contribution in [0.5, 0.6) is 0 Å². The number of nitrogens with one attached hydrogen (secondary N) is 2. The Balaban J connectivity index is 2.40. The van der Waals surface area contributed by atoms with Crippen molar-refractivity contribution in [3.05, 3.63) is 10.5 Å². The number of aromatic amines is 1. The van der Waals surface area contributed by atoms with Gasteiger partial charge in [0.15, 0.2) is 5.16 Å². The van der Waals surface area contributed by atoms with Crippen LogP contribution >= 0.6 is 11.8 Å². The maximum absolute atomic E-state index is 11.4. The molecule has 4 N–H and O–H groups in total. The first kappa shape index (κ1) is 14.8. The maximum Gasteiger partial charge on any atom is 0.343 e. The van der Waals surface area contributed by atoms with Gasteiger partial charge in [-0.15, -0.1) is 5.10 Å². The lowest BCUT2D eigenvalue weighted by atomic mass is 10.4. The van der Waals surface area contributed by atoms with Gasteiger partial charge in [0.1, 0.15) is 11.9 Å². The molecule has 1 aromatic heterocycles. The molecule has 7 nitrogen and oxygen atoms in total. The van der Waals surface area contributed by atoms with Crippen molar-refractivity contribution in [2.75, 3.05) is 12.4 Å². The molecule has 0 bridgehead atoms. The highest BCUT2D eigenvalue weighted by Crippen LogP contribution is 2.13. The number of hydrogen-bond acceptors (Lipinski definition) is 5. The van der Waals surface area contributed by atoms with Crippen molar-refractivity contribution in [2.45, 2.75) is 38.1 Å². The zero-order valence-corrected chi connectivity index (χ0v) is 11.4. The van der Waals surface area contributed by atoms with Crippen molar-refractivity contribution >= 4 is 17.6 Å². The fraction of sp³-hybridized carbons (Fsp3) is 0.700. The number of ether oxygens (including phenoxy) is 1. The molecule has 1 aromatic rings. The molecule has 0 aliphatic rings. The van der Waals surface area contributed by atoms with Gasteiger partial charge in [-0.25, -0.2) is 9.89 Å². The average Bonchev–Trinajstić information content (AvgIpc) is 2.67. The van der Waals surface area contributed by atoms with Gasteiger partial charge >= 0.3 is 5.69 Å². The van der Waals surface area contributed by atoms with Crippen LogP contribution in [0.25, 0.3) is 0 Å². The van der Waals surface area contributed by atoms with Gasteiger partial charge < -0.3 is 10.5 Å². The molecule has 0 saturated carbocycles. The number of rotatable bonds is 8. The molecule has 0 radical (unpaired) electrons. The van der Waals surface area contributed by atoms with E-state index in [-0.39, 0.29) is 17.6 Å². The summed E-state index contributed by atoms with van der Waals surface area (Å²) in [6, 6.07) is 0. The smallest absolute Gasteiger partial charge is 0.343 e. The fourth-order valence-corrected chi connectivity index (χ4v) is 2.08. The Kier molecular flexibility index (Phi) is 5.93. The minimum absolute atomic E-state index is 0.0164. The molecule has 1 heterocycles. The number of thioether (sulfide) groups is 1. The highest BCUT2D eigenvalue weighted by molar-refractivity contribution is 7.99. The minimum atomic E-state index is -0.373. The Morgan fingerprint density at radius 3 is 3.06 bits per heavy atom. The summed E-state index contributed by atoms with van der Waals surface area (Å²) in [5.74, 6) is 0.675. The standard InChI is InChI=1S/C10H19N5O2S/c1-3-4-15-9(16)13-14-10(15)18-6-5-17-7(2)8(11)12/h7H,3-6H2,1-2H3,(H3,11,12)(H,13,16). The van der Waals surface area contributed by atoms with Crippen LogP contribution in [0.15, 0.2) is 9.95 Å². The molecule has 0 aromatic carbocycles. The predicted octanol–water partition coefficient (Wildman–Crippen LogP) is 0.415. The third kappa shape index (κ3) is 4.19. The van der Waals surface area contributed by atoms with Crippen molar-refractivity contribution in [3.63, 3.8) is 0 Å². The molecule has 0 saturated heterocycles. The Labute approximate surface area is 110 Å². The summed E-state index contributed by atoms with van der Waals surface area (Å²) in [6.07, 6.45) is 0.507. The Bertz CT molecular complexity index is 442. The first-order valence-electron chi connectivity index (χ1n) is 5.79. The lowest BCUT2D eigenvalue weighted by molar-refractivity contribution is 0.123. The highest BCUT2D eigenvalue weighted by atomic mass is 32.2. The van der Waals surface area contributed by atoms with Gasteiger partial charge in [0.25, 0.3) is 0 Å². The zero-order valence-electron chi connectivity index (χ0n) is 10.6.